The molecule has 2 unspecified atom stereocenters. The van der Waals surface area contributed by atoms with Gasteiger partial charge in [0.1, 0.15) is 42.5 Å². The number of fused-ring (bicyclic) bond motifs is 2. The largest absolute Gasteiger partial charge is 0.490 e. The molecule has 0 saturated carbocycles. The van der Waals surface area contributed by atoms with E-state index in [1.54, 1.807) is 6.07 Å². The van der Waals surface area contributed by atoms with Crippen LogP contribution in [0.25, 0.3) is 21.9 Å². The molecule has 5 rings (SSSR count). The lowest BCUT2D eigenvalue weighted by molar-refractivity contribution is -0.138. The molecule has 1 amide bonds. The van der Waals surface area contributed by atoms with Crippen LogP contribution in [0.5, 0.6) is 5.75 Å². The number of anilines is 1. The third-order valence-electron chi connectivity index (χ3n) is 5.85. The van der Waals surface area contributed by atoms with Crippen molar-refractivity contribution < 1.29 is 29.6 Å². The van der Waals surface area contributed by atoms with Crippen LogP contribution in [0.2, 0.25) is 0 Å². The number of benzene rings is 2. The summed E-state index contributed by atoms with van der Waals surface area (Å²) in [5.41, 5.74) is 6.38. The molecule has 2 aromatic carbocycles. The van der Waals surface area contributed by atoms with Crippen molar-refractivity contribution >= 4 is 33.7 Å². The second kappa shape index (κ2) is 9.43. The molecular formula is C23H24N6O6. The Morgan fingerprint density at radius 3 is 2.80 bits per heavy atom. The highest BCUT2D eigenvalue weighted by Crippen LogP contribution is 2.32. The van der Waals surface area contributed by atoms with E-state index in [4.69, 9.17) is 15.2 Å². The van der Waals surface area contributed by atoms with E-state index in [9.17, 15) is 20.1 Å². The molecule has 0 radical (unpaired) electrons. The number of nitrogen functional groups attached to an aromatic ring is 1. The van der Waals surface area contributed by atoms with Crippen LogP contribution in [0.15, 0.2) is 55.1 Å². The number of hydrogen-bond donors (Lipinski definition) is 5. The topological polar surface area (TPSA) is 178 Å². The number of ether oxygens (including phenoxy) is 2. The molecule has 5 atom stereocenters. The Bertz CT molecular complexity index is 1360. The first kappa shape index (κ1) is 22.9. The summed E-state index contributed by atoms with van der Waals surface area (Å²) in [6.45, 7) is -0.204. The fraction of sp³-hybridized carbons (Fsp3) is 0.304. The fourth-order valence-corrected chi connectivity index (χ4v) is 4.05. The van der Waals surface area contributed by atoms with Gasteiger partial charge in [0, 0.05) is 11.9 Å². The van der Waals surface area contributed by atoms with E-state index < -0.39 is 36.6 Å². The number of nitrogens with two attached hydrogens (primary N) is 1. The van der Waals surface area contributed by atoms with Crippen LogP contribution in [0.4, 0.5) is 5.82 Å². The molecular weight excluding hydrogens is 456 g/mol. The lowest BCUT2D eigenvalue weighted by Gasteiger charge is -2.18. The van der Waals surface area contributed by atoms with E-state index in [0.717, 1.165) is 10.8 Å². The van der Waals surface area contributed by atoms with E-state index in [0.29, 0.717) is 11.3 Å². The minimum absolute atomic E-state index is 0.0598. The maximum Gasteiger partial charge on any atom is 0.252 e. The zero-order valence-electron chi connectivity index (χ0n) is 18.4. The molecule has 3 heterocycles. The Hall–Kier alpha value is -3.84. The lowest BCUT2D eigenvalue weighted by atomic mass is 10.1. The highest BCUT2D eigenvalue weighted by molar-refractivity contribution is 5.88. The first-order chi connectivity index (χ1) is 16.9. The van der Waals surface area contributed by atoms with Crippen LogP contribution in [0, 0.1) is 0 Å². The Balaban J connectivity index is 1.19. The van der Waals surface area contributed by atoms with Crippen molar-refractivity contribution in [3.63, 3.8) is 0 Å². The molecule has 35 heavy (non-hydrogen) atoms. The number of aliphatic hydroxyl groups excluding tert-OH is 3. The summed E-state index contributed by atoms with van der Waals surface area (Å²) >= 11 is 0. The van der Waals surface area contributed by atoms with Crippen LogP contribution < -0.4 is 15.8 Å². The molecule has 1 saturated heterocycles. The lowest BCUT2D eigenvalue weighted by Crippen LogP contribution is -2.45. The molecule has 0 bridgehead atoms. The van der Waals surface area contributed by atoms with Crippen molar-refractivity contribution in [3.8, 4) is 5.75 Å². The van der Waals surface area contributed by atoms with Crippen molar-refractivity contribution in [2.75, 3.05) is 18.9 Å². The minimum Gasteiger partial charge on any atom is -0.490 e. The molecule has 0 aliphatic carbocycles. The number of carbonyl (C=O) groups is 1. The summed E-state index contributed by atoms with van der Waals surface area (Å²) in [4.78, 5) is 24.7. The Labute approximate surface area is 199 Å². The van der Waals surface area contributed by atoms with E-state index in [1.165, 1.54) is 17.2 Å². The number of rotatable bonds is 7. The molecule has 182 valence electrons. The van der Waals surface area contributed by atoms with Gasteiger partial charge >= 0.3 is 0 Å². The summed E-state index contributed by atoms with van der Waals surface area (Å²) in [7, 11) is 0. The second-order valence-corrected chi connectivity index (χ2v) is 8.20. The molecule has 1 aliphatic heterocycles. The monoisotopic (exact) mass is 480 g/mol. The highest BCUT2D eigenvalue weighted by atomic mass is 16.6. The van der Waals surface area contributed by atoms with Crippen molar-refractivity contribution in [2.45, 2.75) is 30.6 Å². The second-order valence-electron chi connectivity index (χ2n) is 8.20. The Kier molecular flexibility index (Phi) is 6.17. The van der Waals surface area contributed by atoms with Gasteiger partial charge in [-0.05, 0) is 11.5 Å². The molecule has 12 heteroatoms. The first-order valence-electron chi connectivity index (χ1n) is 10.9. The fourth-order valence-electron chi connectivity index (χ4n) is 4.05. The number of carbonyl (C=O) groups excluding carboxylic acids is 1. The number of nitrogens with zero attached hydrogens (tertiary/aromatic N) is 4. The summed E-state index contributed by atoms with van der Waals surface area (Å²) in [5, 5.41) is 35.7. The number of imidazole rings is 1. The zero-order valence-corrected chi connectivity index (χ0v) is 18.4. The van der Waals surface area contributed by atoms with Gasteiger partial charge in [0.15, 0.2) is 23.8 Å². The Morgan fingerprint density at radius 1 is 1.14 bits per heavy atom. The number of amides is 1. The van der Waals surface area contributed by atoms with Crippen molar-refractivity contribution in [1.29, 1.82) is 0 Å². The standard InChI is InChI=1S/C23H24N6O6/c24-20-16-21(27-10-26-20)29(11-28-16)23-18(32)17(31)19(35-23)22(33)25-8-13(30)9-34-15-7-3-5-12-4-1-2-6-14(12)15/h1-7,10-11,13,17-19,23,30-32H,8-9H2,(H,25,33)(H2,24,26,27)/t13?,17-,18+,19-,23?/m0/s1. The Morgan fingerprint density at radius 2 is 1.94 bits per heavy atom. The predicted molar refractivity (Wildman–Crippen MR) is 124 cm³/mol. The van der Waals surface area contributed by atoms with Crippen molar-refractivity contribution in [1.82, 2.24) is 24.8 Å². The molecule has 6 N–H and O–H groups in total. The minimum atomic E-state index is -1.51. The maximum atomic E-state index is 12.7. The summed E-state index contributed by atoms with van der Waals surface area (Å²) < 4.78 is 12.8. The van der Waals surface area contributed by atoms with Gasteiger partial charge < -0.3 is 35.8 Å². The average Bonchev–Trinajstić information content (AvgIpc) is 3.43. The SMILES string of the molecule is Nc1ncnc2c1ncn2C1O[C@H](C(=O)NCC(O)COc2cccc3ccccc23)[C@@H](O)[C@H]1O. The van der Waals surface area contributed by atoms with Crippen LogP contribution in [-0.2, 0) is 9.53 Å². The highest BCUT2D eigenvalue weighted by Gasteiger charge is 2.47. The summed E-state index contributed by atoms with van der Waals surface area (Å²) in [5.74, 6) is 0.0728. The van der Waals surface area contributed by atoms with Gasteiger partial charge in [-0.3, -0.25) is 9.36 Å². The molecule has 12 nitrogen and oxygen atoms in total. The van der Waals surface area contributed by atoms with Gasteiger partial charge in [-0.25, -0.2) is 15.0 Å². The van der Waals surface area contributed by atoms with Crippen LogP contribution in [0.1, 0.15) is 6.23 Å². The maximum absolute atomic E-state index is 12.7. The normalized spacial score (nSPS) is 22.9. The van der Waals surface area contributed by atoms with Gasteiger partial charge in [0.05, 0.1) is 6.33 Å². The van der Waals surface area contributed by atoms with Gasteiger partial charge in [0.25, 0.3) is 5.91 Å². The van der Waals surface area contributed by atoms with Crippen molar-refractivity contribution in [2.24, 2.45) is 0 Å². The summed E-state index contributed by atoms with van der Waals surface area (Å²) in [6.07, 6.45) is -3.89. The smallest absolute Gasteiger partial charge is 0.252 e. The summed E-state index contributed by atoms with van der Waals surface area (Å²) in [6, 6.07) is 13.3. The van der Waals surface area contributed by atoms with E-state index in [-0.39, 0.29) is 24.6 Å². The van der Waals surface area contributed by atoms with Crippen LogP contribution in [-0.4, -0.2) is 78.3 Å². The predicted octanol–water partition coefficient (Wildman–Crippen LogP) is -0.263. The number of hydrogen-bond acceptors (Lipinski definition) is 10. The van der Waals surface area contributed by atoms with E-state index in [1.807, 2.05) is 36.4 Å². The van der Waals surface area contributed by atoms with Gasteiger partial charge in [0.2, 0.25) is 0 Å². The van der Waals surface area contributed by atoms with E-state index in [2.05, 4.69) is 20.3 Å². The quantitative estimate of drug-likeness (QED) is 0.237. The number of aliphatic hydroxyl groups is 3. The molecule has 2 aromatic heterocycles. The van der Waals surface area contributed by atoms with Crippen LogP contribution >= 0.6 is 0 Å². The number of nitrogens with one attached hydrogen (secondary N) is 1. The third kappa shape index (κ3) is 4.35. The average molecular weight is 480 g/mol. The molecule has 1 aliphatic rings. The molecule has 4 aromatic rings. The van der Waals surface area contributed by atoms with Gasteiger partial charge in [-0.2, -0.15) is 0 Å². The zero-order chi connectivity index (χ0) is 24.5. The number of aromatic nitrogens is 4. The third-order valence-corrected chi connectivity index (χ3v) is 5.85. The first-order valence-corrected chi connectivity index (χ1v) is 10.9. The van der Waals surface area contributed by atoms with Crippen LogP contribution in [0.3, 0.4) is 0 Å². The van der Waals surface area contributed by atoms with Gasteiger partial charge in [-0.15, -0.1) is 0 Å². The van der Waals surface area contributed by atoms with Gasteiger partial charge in [-0.1, -0.05) is 36.4 Å². The molecule has 0 spiro atoms. The van der Waals surface area contributed by atoms with Crippen molar-refractivity contribution in [3.05, 3.63) is 55.1 Å². The molecule has 1 fully saturated rings. The van der Waals surface area contributed by atoms with E-state index >= 15 is 0 Å².